The van der Waals surface area contributed by atoms with Gasteiger partial charge in [0, 0.05) is 25.7 Å². The Balaban J connectivity index is 1.74. The maximum atomic E-state index is 11.4. The number of carboxylic acids is 1. The molecule has 1 aliphatic rings. The molecule has 1 aromatic carbocycles. The third kappa shape index (κ3) is 4.83. The summed E-state index contributed by atoms with van der Waals surface area (Å²) in [6.45, 7) is 2.30. The van der Waals surface area contributed by atoms with E-state index in [1.165, 1.54) is 25.7 Å². The van der Waals surface area contributed by atoms with Crippen LogP contribution in [-0.4, -0.2) is 48.7 Å². The van der Waals surface area contributed by atoms with Crippen molar-refractivity contribution in [3.63, 3.8) is 0 Å². The molecule has 0 saturated heterocycles. The molecule has 4 nitrogen and oxygen atoms in total. The molecule has 1 saturated carbocycles. The molecule has 1 aromatic rings. The second kappa shape index (κ2) is 8.15. The van der Waals surface area contributed by atoms with E-state index in [4.69, 9.17) is 0 Å². The van der Waals surface area contributed by atoms with Crippen LogP contribution in [0.4, 0.5) is 0 Å². The van der Waals surface area contributed by atoms with Gasteiger partial charge in [-0.1, -0.05) is 43.2 Å². The van der Waals surface area contributed by atoms with Crippen LogP contribution in [-0.2, 0) is 4.79 Å². The van der Waals surface area contributed by atoms with Crippen LogP contribution in [0.25, 0.3) is 0 Å². The molecule has 0 aliphatic heterocycles. The van der Waals surface area contributed by atoms with Crippen LogP contribution in [0, 0.1) is 0 Å². The van der Waals surface area contributed by atoms with Crippen LogP contribution in [0.3, 0.4) is 0 Å². The predicted molar refractivity (Wildman–Crippen MR) is 84.6 cm³/mol. The van der Waals surface area contributed by atoms with Crippen LogP contribution in [0.1, 0.15) is 37.2 Å². The summed E-state index contributed by atoms with van der Waals surface area (Å²) in [5.74, 6) is -1.24. The Bertz CT molecular complexity index is 430. The molecule has 2 rings (SSSR count). The molecule has 116 valence electrons. The molecule has 2 N–H and O–H groups in total. The van der Waals surface area contributed by atoms with E-state index in [0.717, 1.165) is 24.7 Å². The Kier molecular flexibility index (Phi) is 6.21. The summed E-state index contributed by atoms with van der Waals surface area (Å²) in [5, 5.41) is 12.7. The highest BCUT2D eigenvalue weighted by molar-refractivity contribution is 5.76. The molecule has 0 aromatic heterocycles. The summed E-state index contributed by atoms with van der Waals surface area (Å²) in [7, 11) is 2.17. The first-order chi connectivity index (χ1) is 10.2. The van der Waals surface area contributed by atoms with Gasteiger partial charge >= 0.3 is 5.97 Å². The zero-order chi connectivity index (χ0) is 15.1. The van der Waals surface area contributed by atoms with E-state index in [2.05, 4.69) is 17.3 Å². The van der Waals surface area contributed by atoms with Crippen molar-refractivity contribution in [1.29, 1.82) is 0 Å². The Labute approximate surface area is 127 Å². The fourth-order valence-electron chi connectivity index (χ4n) is 3.06. The monoisotopic (exact) mass is 290 g/mol. The molecular formula is C17H26N2O2. The van der Waals surface area contributed by atoms with Gasteiger partial charge in [-0.15, -0.1) is 0 Å². The number of hydrogen-bond donors (Lipinski definition) is 2. The highest BCUT2D eigenvalue weighted by Crippen LogP contribution is 2.21. The van der Waals surface area contributed by atoms with E-state index in [-0.39, 0.29) is 0 Å². The van der Waals surface area contributed by atoms with Crippen LogP contribution in [0.15, 0.2) is 30.3 Å². The summed E-state index contributed by atoms with van der Waals surface area (Å²) < 4.78 is 0. The number of aliphatic carboxylic acids is 1. The Morgan fingerprint density at radius 3 is 2.62 bits per heavy atom. The summed E-state index contributed by atoms with van der Waals surface area (Å²) in [6.07, 6.45) is 5.30. The minimum Gasteiger partial charge on any atom is -0.481 e. The topological polar surface area (TPSA) is 52.6 Å². The van der Waals surface area contributed by atoms with E-state index in [1.54, 1.807) is 0 Å². The zero-order valence-electron chi connectivity index (χ0n) is 12.8. The van der Waals surface area contributed by atoms with E-state index in [9.17, 15) is 9.90 Å². The van der Waals surface area contributed by atoms with Crippen LogP contribution >= 0.6 is 0 Å². The molecule has 21 heavy (non-hydrogen) atoms. The number of rotatable bonds is 8. The van der Waals surface area contributed by atoms with Crippen molar-refractivity contribution in [2.45, 2.75) is 37.6 Å². The van der Waals surface area contributed by atoms with E-state index in [0.29, 0.717) is 6.54 Å². The molecule has 1 unspecified atom stereocenters. The molecule has 4 heteroatoms. The second-order valence-electron chi connectivity index (χ2n) is 5.92. The number of carbonyl (C=O) groups is 1. The van der Waals surface area contributed by atoms with Gasteiger partial charge in [-0.25, -0.2) is 0 Å². The van der Waals surface area contributed by atoms with Gasteiger partial charge in [0.25, 0.3) is 0 Å². The average molecular weight is 290 g/mol. The maximum absolute atomic E-state index is 11.4. The van der Waals surface area contributed by atoms with Gasteiger partial charge in [0.2, 0.25) is 0 Å². The number of benzene rings is 1. The van der Waals surface area contributed by atoms with E-state index >= 15 is 0 Å². The second-order valence-corrected chi connectivity index (χ2v) is 5.92. The smallest absolute Gasteiger partial charge is 0.312 e. The fraction of sp³-hybridized carbons (Fsp3) is 0.588. The predicted octanol–water partition coefficient (Wildman–Crippen LogP) is 2.32. The van der Waals surface area contributed by atoms with Crippen LogP contribution in [0.2, 0.25) is 0 Å². The first-order valence-corrected chi connectivity index (χ1v) is 7.87. The summed E-state index contributed by atoms with van der Waals surface area (Å²) in [4.78, 5) is 13.8. The molecule has 1 fully saturated rings. The van der Waals surface area contributed by atoms with Gasteiger partial charge in [-0.3, -0.25) is 4.79 Å². The third-order valence-corrected chi connectivity index (χ3v) is 4.44. The lowest BCUT2D eigenvalue weighted by atomic mass is 9.99. The first-order valence-electron chi connectivity index (χ1n) is 7.87. The number of carboxylic acid groups (broad SMARTS) is 1. The molecule has 0 radical (unpaired) electrons. The number of nitrogens with zero attached hydrogens (tertiary/aromatic N) is 1. The third-order valence-electron chi connectivity index (χ3n) is 4.44. The Morgan fingerprint density at radius 2 is 2.00 bits per heavy atom. The zero-order valence-corrected chi connectivity index (χ0v) is 12.8. The Hall–Kier alpha value is -1.39. The van der Waals surface area contributed by atoms with Crippen molar-refractivity contribution in [3.05, 3.63) is 35.9 Å². The minimum absolute atomic E-state index is 0.469. The first kappa shape index (κ1) is 16.0. The van der Waals surface area contributed by atoms with Crippen molar-refractivity contribution in [3.8, 4) is 0 Å². The van der Waals surface area contributed by atoms with Gasteiger partial charge in [-0.05, 0) is 25.5 Å². The number of likely N-dealkylation sites (N-methyl/N-ethyl adjacent to an activating group) is 1. The molecule has 1 aliphatic carbocycles. The molecule has 1 atom stereocenters. The standard InChI is InChI=1S/C17H26N2O2/c1-19(15-9-5-6-10-15)12-11-18-13-16(17(20)21)14-7-3-2-4-8-14/h2-4,7-8,15-16,18H,5-6,9-13H2,1H3,(H,20,21). The van der Waals surface area contributed by atoms with Gasteiger partial charge in [-0.2, -0.15) is 0 Å². The van der Waals surface area contributed by atoms with Crippen molar-refractivity contribution >= 4 is 5.97 Å². The van der Waals surface area contributed by atoms with Gasteiger partial charge in [0.05, 0.1) is 5.92 Å². The minimum atomic E-state index is -0.766. The number of nitrogens with one attached hydrogen (secondary N) is 1. The fourth-order valence-corrected chi connectivity index (χ4v) is 3.06. The van der Waals surface area contributed by atoms with Gasteiger partial charge < -0.3 is 15.3 Å². The highest BCUT2D eigenvalue weighted by atomic mass is 16.4. The molecule has 0 bridgehead atoms. The lowest BCUT2D eigenvalue weighted by Gasteiger charge is -2.24. The molecular weight excluding hydrogens is 264 g/mol. The average Bonchev–Trinajstić information content (AvgIpc) is 3.01. The molecule has 0 amide bonds. The molecule has 0 spiro atoms. The quantitative estimate of drug-likeness (QED) is 0.722. The summed E-state index contributed by atoms with van der Waals surface area (Å²) in [5.41, 5.74) is 0.863. The van der Waals surface area contributed by atoms with Crippen molar-refractivity contribution in [1.82, 2.24) is 10.2 Å². The summed E-state index contributed by atoms with van der Waals surface area (Å²) >= 11 is 0. The van der Waals surface area contributed by atoms with Crippen LogP contribution in [0.5, 0.6) is 0 Å². The lowest BCUT2D eigenvalue weighted by molar-refractivity contribution is -0.138. The SMILES string of the molecule is CN(CCNCC(C(=O)O)c1ccccc1)C1CCCC1. The van der Waals surface area contributed by atoms with Crippen molar-refractivity contribution in [2.24, 2.45) is 0 Å². The van der Waals surface area contributed by atoms with E-state index < -0.39 is 11.9 Å². The van der Waals surface area contributed by atoms with Crippen LogP contribution < -0.4 is 5.32 Å². The normalized spacial score (nSPS) is 17.2. The van der Waals surface area contributed by atoms with Crippen molar-refractivity contribution < 1.29 is 9.90 Å². The largest absolute Gasteiger partial charge is 0.481 e. The van der Waals surface area contributed by atoms with Crippen molar-refractivity contribution in [2.75, 3.05) is 26.7 Å². The van der Waals surface area contributed by atoms with E-state index in [1.807, 2.05) is 30.3 Å². The Morgan fingerprint density at radius 1 is 1.33 bits per heavy atom. The maximum Gasteiger partial charge on any atom is 0.312 e. The lowest BCUT2D eigenvalue weighted by Crippen LogP contribution is -2.37. The van der Waals surface area contributed by atoms with Gasteiger partial charge in [0.1, 0.15) is 0 Å². The number of hydrogen-bond acceptors (Lipinski definition) is 3. The highest BCUT2D eigenvalue weighted by Gasteiger charge is 2.20. The molecule has 0 heterocycles. The summed E-state index contributed by atoms with van der Waals surface area (Å²) in [6, 6.07) is 10.2. The van der Waals surface area contributed by atoms with Gasteiger partial charge in [0.15, 0.2) is 0 Å².